The van der Waals surface area contributed by atoms with Gasteiger partial charge < -0.3 is 5.11 Å². The standard InChI is InChI=1S/C12H11F3O2/c1-6-2-7(8-4-12(14,15)5-8)3-9(13)10(6)11(16)17/h2-3,8H,4-5H2,1H3,(H,16,17). The first-order valence-electron chi connectivity index (χ1n) is 5.21. The lowest BCUT2D eigenvalue weighted by atomic mass is 9.76. The van der Waals surface area contributed by atoms with Crippen molar-refractivity contribution in [1.29, 1.82) is 0 Å². The average molecular weight is 244 g/mol. The van der Waals surface area contributed by atoms with Crippen LogP contribution in [0.1, 0.15) is 40.2 Å². The first-order valence-corrected chi connectivity index (χ1v) is 5.21. The second-order valence-corrected chi connectivity index (χ2v) is 4.46. The lowest BCUT2D eigenvalue weighted by Gasteiger charge is -2.35. The van der Waals surface area contributed by atoms with Crippen molar-refractivity contribution in [3.8, 4) is 0 Å². The van der Waals surface area contributed by atoms with E-state index in [1.807, 2.05) is 0 Å². The predicted octanol–water partition coefficient (Wildman–Crippen LogP) is 3.35. The van der Waals surface area contributed by atoms with Crippen LogP contribution in [0.3, 0.4) is 0 Å². The molecule has 0 bridgehead atoms. The van der Waals surface area contributed by atoms with E-state index >= 15 is 0 Å². The number of aromatic carboxylic acids is 1. The van der Waals surface area contributed by atoms with Gasteiger partial charge >= 0.3 is 5.97 Å². The maximum absolute atomic E-state index is 13.5. The molecule has 0 spiro atoms. The Bertz CT molecular complexity index is 452. The van der Waals surface area contributed by atoms with E-state index in [4.69, 9.17) is 5.11 Å². The summed E-state index contributed by atoms with van der Waals surface area (Å²) in [6, 6.07) is 2.53. The highest BCUT2D eigenvalue weighted by atomic mass is 19.3. The van der Waals surface area contributed by atoms with E-state index in [0.717, 1.165) is 6.07 Å². The van der Waals surface area contributed by atoms with Gasteiger partial charge in [0.05, 0.1) is 5.56 Å². The zero-order chi connectivity index (χ0) is 12.8. The number of carboxylic acid groups (broad SMARTS) is 1. The highest BCUT2D eigenvalue weighted by molar-refractivity contribution is 5.89. The van der Waals surface area contributed by atoms with Crippen molar-refractivity contribution in [2.75, 3.05) is 0 Å². The summed E-state index contributed by atoms with van der Waals surface area (Å²) in [6.45, 7) is 1.47. The molecule has 1 aliphatic carbocycles. The van der Waals surface area contributed by atoms with Gasteiger partial charge in [0, 0.05) is 12.8 Å². The Morgan fingerprint density at radius 3 is 2.41 bits per heavy atom. The van der Waals surface area contributed by atoms with Gasteiger partial charge in [-0.15, -0.1) is 0 Å². The van der Waals surface area contributed by atoms with Crippen LogP contribution in [0.25, 0.3) is 0 Å². The molecule has 1 N–H and O–H groups in total. The Morgan fingerprint density at radius 1 is 1.41 bits per heavy atom. The van der Waals surface area contributed by atoms with Crippen molar-refractivity contribution in [2.45, 2.75) is 31.6 Å². The molecule has 0 radical (unpaired) electrons. The Hall–Kier alpha value is -1.52. The maximum atomic E-state index is 13.5. The maximum Gasteiger partial charge on any atom is 0.338 e. The van der Waals surface area contributed by atoms with Crippen LogP contribution in [0.15, 0.2) is 12.1 Å². The van der Waals surface area contributed by atoms with Crippen LogP contribution >= 0.6 is 0 Å². The summed E-state index contributed by atoms with van der Waals surface area (Å²) in [5.41, 5.74) is 0.332. The summed E-state index contributed by atoms with van der Waals surface area (Å²) in [7, 11) is 0. The highest BCUT2D eigenvalue weighted by Gasteiger charge is 2.46. The number of hydrogen-bond donors (Lipinski definition) is 1. The van der Waals surface area contributed by atoms with E-state index in [-0.39, 0.29) is 29.9 Å². The SMILES string of the molecule is Cc1cc(C2CC(F)(F)C2)cc(F)c1C(=O)O. The van der Waals surface area contributed by atoms with Crippen LogP contribution in [0.5, 0.6) is 0 Å². The molecule has 2 rings (SSSR count). The molecule has 1 aromatic carbocycles. The fourth-order valence-electron chi connectivity index (χ4n) is 2.17. The van der Waals surface area contributed by atoms with E-state index in [1.165, 1.54) is 13.0 Å². The molecule has 17 heavy (non-hydrogen) atoms. The number of alkyl halides is 2. The van der Waals surface area contributed by atoms with Crippen LogP contribution in [0, 0.1) is 12.7 Å². The largest absolute Gasteiger partial charge is 0.478 e. The molecule has 0 aromatic heterocycles. The van der Waals surface area contributed by atoms with Gasteiger partial charge in [-0.05, 0) is 30.0 Å². The van der Waals surface area contributed by atoms with E-state index < -0.39 is 17.7 Å². The number of benzene rings is 1. The van der Waals surface area contributed by atoms with Gasteiger partial charge in [-0.1, -0.05) is 6.07 Å². The minimum Gasteiger partial charge on any atom is -0.478 e. The smallest absolute Gasteiger partial charge is 0.338 e. The van der Waals surface area contributed by atoms with Crippen molar-refractivity contribution in [3.05, 3.63) is 34.6 Å². The van der Waals surface area contributed by atoms with E-state index in [1.54, 1.807) is 0 Å². The van der Waals surface area contributed by atoms with Crippen LogP contribution in [-0.2, 0) is 0 Å². The van der Waals surface area contributed by atoms with Crippen LogP contribution in [0.4, 0.5) is 13.2 Å². The molecule has 0 heterocycles. The van der Waals surface area contributed by atoms with Crippen molar-refractivity contribution in [2.24, 2.45) is 0 Å². The zero-order valence-electron chi connectivity index (χ0n) is 9.14. The summed E-state index contributed by atoms with van der Waals surface area (Å²) in [4.78, 5) is 10.8. The predicted molar refractivity (Wildman–Crippen MR) is 55.0 cm³/mol. The second kappa shape index (κ2) is 3.75. The molecule has 0 aliphatic heterocycles. The van der Waals surface area contributed by atoms with Crippen molar-refractivity contribution >= 4 is 5.97 Å². The topological polar surface area (TPSA) is 37.3 Å². The molecule has 1 fully saturated rings. The molecular weight excluding hydrogens is 233 g/mol. The third kappa shape index (κ3) is 2.14. The second-order valence-electron chi connectivity index (χ2n) is 4.46. The molecule has 0 amide bonds. The number of aryl methyl sites for hydroxylation is 1. The molecular formula is C12H11F3O2. The molecule has 1 aromatic rings. The summed E-state index contributed by atoms with van der Waals surface area (Å²) >= 11 is 0. The minimum atomic E-state index is -2.67. The molecule has 1 saturated carbocycles. The van der Waals surface area contributed by atoms with E-state index in [2.05, 4.69) is 0 Å². The average Bonchev–Trinajstić information content (AvgIpc) is 2.11. The molecule has 0 atom stereocenters. The summed E-state index contributed by atoms with van der Waals surface area (Å²) in [6.07, 6.45) is -0.587. The van der Waals surface area contributed by atoms with E-state index in [0.29, 0.717) is 5.56 Å². The van der Waals surface area contributed by atoms with Crippen molar-refractivity contribution in [3.63, 3.8) is 0 Å². The van der Waals surface area contributed by atoms with Crippen LogP contribution < -0.4 is 0 Å². The highest BCUT2D eigenvalue weighted by Crippen LogP contribution is 2.48. The molecule has 0 saturated heterocycles. The summed E-state index contributed by atoms with van der Waals surface area (Å²) < 4.78 is 38.9. The molecule has 5 heteroatoms. The fourth-order valence-corrected chi connectivity index (χ4v) is 2.17. The quantitative estimate of drug-likeness (QED) is 0.866. The first-order chi connectivity index (χ1) is 7.80. The normalized spacial score (nSPS) is 18.8. The summed E-state index contributed by atoms with van der Waals surface area (Å²) in [5, 5.41) is 8.77. The molecule has 1 aliphatic rings. The fraction of sp³-hybridized carbons (Fsp3) is 0.417. The lowest BCUT2D eigenvalue weighted by Crippen LogP contribution is -2.33. The van der Waals surface area contributed by atoms with Gasteiger partial charge in [0.2, 0.25) is 5.92 Å². The van der Waals surface area contributed by atoms with Gasteiger partial charge in [0.1, 0.15) is 5.82 Å². The third-order valence-corrected chi connectivity index (χ3v) is 3.09. The number of rotatable bonds is 2. The number of carboxylic acids is 1. The van der Waals surface area contributed by atoms with Crippen LogP contribution in [-0.4, -0.2) is 17.0 Å². The number of halogens is 3. The lowest BCUT2D eigenvalue weighted by molar-refractivity contribution is -0.0868. The molecule has 2 nitrogen and oxygen atoms in total. The number of hydrogen-bond acceptors (Lipinski definition) is 1. The minimum absolute atomic E-state index is 0.266. The van der Waals surface area contributed by atoms with Gasteiger partial charge in [-0.25, -0.2) is 18.0 Å². The number of carbonyl (C=O) groups is 1. The monoisotopic (exact) mass is 244 g/mol. The first kappa shape index (κ1) is 12.0. The van der Waals surface area contributed by atoms with Crippen molar-refractivity contribution in [1.82, 2.24) is 0 Å². The van der Waals surface area contributed by atoms with Gasteiger partial charge in [0.25, 0.3) is 0 Å². The molecule has 92 valence electrons. The van der Waals surface area contributed by atoms with E-state index in [9.17, 15) is 18.0 Å². The third-order valence-electron chi connectivity index (χ3n) is 3.09. The Kier molecular flexibility index (Phi) is 2.64. The molecule has 0 unspecified atom stereocenters. The Balaban J connectivity index is 2.31. The van der Waals surface area contributed by atoms with Crippen molar-refractivity contribution < 1.29 is 23.1 Å². The van der Waals surface area contributed by atoms with Gasteiger partial charge in [0.15, 0.2) is 0 Å². The summed E-state index contributed by atoms with van der Waals surface area (Å²) in [5.74, 6) is -5.24. The van der Waals surface area contributed by atoms with Crippen LogP contribution in [0.2, 0.25) is 0 Å². The van der Waals surface area contributed by atoms with Gasteiger partial charge in [-0.2, -0.15) is 0 Å². The Labute approximate surface area is 96.1 Å². The van der Waals surface area contributed by atoms with Gasteiger partial charge in [-0.3, -0.25) is 0 Å². The zero-order valence-corrected chi connectivity index (χ0v) is 9.14. The Morgan fingerprint density at radius 2 is 2.00 bits per heavy atom.